The van der Waals surface area contributed by atoms with Crippen LogP contribution in [0.2, 0.25) is 0 Å². The number of carbonyl (C=O) groups is 2. The summed E-state index contributed by atoms with van der Waals surface area (Å²) in [6.07, 6.45) is 58.4. The fraction of sp³-hybridized carbons (Fsp3) is 0.864. The van der Waals surface area contributed by atoms with Crippen molar-refractivity contribution in [1.29, 1.82) is 0 Å². The SMILES string of the molecule is CCCCC/C=C\C/C=C\CCCCCCCCCC(=O)NC(COP(=O)(O)OCC[N+](C)(C)C)C(/C=C/CCCCCCCCCCCC)OC(=O)CCCCCCCCCCCCCCCC. The van der Waals surface area contributed by atoms with E-state index in [1.807, 2.05) is 33.3 Å². The van der Waals surface area contributed by atoms with Crippen molar-refractivity contribution >= 4 is 19.7 Å². The molecule has 0 bridgehead atoms. The Morgan fingerprint density at radius 3 is 1.33 bits per heavy atom. The first-order valence-electron chi connectivity index (χ1n) is 29.3. The largest absolute Gasteiger partial charge is 0.472 e. The third kappa shape index (κ3) is 51.0. The number of quaternary nitrogens is 1. The normalized spacial score (nSPS) is 14.0. The third-order valence-electron chi connectivity index (χ3n) is 13.1. The number of esters is 1. The van der Waals surface area contributed by atoms with E-state index < -0.39 is 20.0 Å². The molecule has 10 heteroatoms. The second kappa shape index (κ2) is 49.8. The molecule has 0 saturated heterocycles. The summed E-state index contributed by atoms with van der Waals surface area (Å²) in [5.74, 6) is -0.504. The number of hydrogen-bond donors (Lipinski definition) is 2. The molecule has 0 fully saturated rings. The lowest BCUT2D eigenvalue weighted by molar-refractivity contribution is -0.870. The Kier molecular flexibility index (Phi) is 48.5. The highest BCUT2D eigenvalue weighted by atomic mass is 31.2. The molecule has 0 spiro atoms. The molecule has 9 nitrogen and oxygen atoms in total. The minimum Gasteiger partial charge on any atom is -0.456 e. The predicted molar refractivity (Wildman–Crippen MR) is 296 cm³/mol. The molecule has 2 N–H and O–H groups in total. The van der Waals surface area contributed by atoms with E-state index in [1.165, 1.54) is 167 Å². The molecule has 0 aliphatic rings. The standard InChI is InChI=1S/C59H113N2O7P/c1-7-10-13-16-19-22-25-28-30-31-32-33-36-39-42-45-48-51-58(62)60-56(55-67-69(64,65)66-54-53-61(4,5)6)57(50-47-44-41-38-35-27-24-21-18-15-12-9-3)68-59(63)52-49-46-43-40-37-34-29-26-23-20-17-14-11-8-2/h19,22,28,30,47,50,56-57H,7-18,20-21,23-27,29,31-46,48-49,51-55H2,1-6H3,(H-,60,62,64,65)/p+1/b22-19-,30-28-,50-47+. The first-order valence-corrected chi connectivity index (χ1v) is 30.8. The van der Waals surface area contributed by atoms with Gasteiger partial charge in [0.2, 0.25) is 5.91 Å². The van der Waals surface area contributed by atoms with E-state index in [0.717, 1.165) is 77.0 Å². The van der Waals surface area contributed by atoms with Gasteiger partial charge in [-0.25, -0.2) is 4.57 Å². The molecule has 0 aromatic heterocycles. The number of amides is 1. The number of unbranched alkanes of at least 4 members (excludes halogenated alkanes) is 33. The van der Waals surface area contributed by atoms with E-state index >= 15 is 0 Å². The maximum Gasteiger partial charge on any atom is 0.472 e. The minimum absolute atomic E-state index is 0.0405. The van der Waals surface area contributed by atoms with E-state index in [0.29, 0.717) is 23.9 Å². The molecule has 0 heterocycles. The zero-order valence-electron chi connectivity index (χ0n) is 46.3. The fourth-order valence-electron chi connectivity index (χ4n) is 8.50. The second-order valence-corrected chi connectivity index (χ2v) is 22.6. The lowest BCUT2D eigenvalue weighted by Crippen LogP contribution is -2.47. The Hall–Kier alpha value is -1.77. The van der Waals surface area contributed by atoms with Gasteiger partial charge >= 0.3 is 13.8 Å². The van der Waals surface area contributed by atoms with E-state index in [-0.39, 0.29) is 25.1 Å². The zero-order valence-corrected chi connectivity index (χ0v) is 47.2. The quantitative estimate of drug-likeness (QED) is 0.0205. The summed E-state index contributed by atoms with van der Waals surface area (Å²) < 4.78 is 30.6. The molecule has 0 aromatic rings. The van der Waals surface area contributed by atoms with Crippen molar-refractivity contribution in [2.45, 2.75) is 290 Å². The highest BCUT2D eigenvalue weighted by Crippen LogP contribution is 2.43. The Morgan fingerprint density at radius 2 is 0.884 bits per heavy atom. The highest BCUT2D eigenvalue weighted by molar-refractivity contribution is 7.47. The molecule has 3 unspecified atom stereocenters. The van der Waals surface area contributed by atoms with E-state index in [4.69, 9.17) is 13.8 Å². The number of hydrogen-bond acceptors (Lipinski definition) is 6. The van der Waals surface area contributed by atoms with Crippen molar-refractivity contribution in [2.75, 3.05) is 40.9 Å². The number of phosphoric ester groups is 1. The van der Waals surface area contributed by atoms with E-state index in [2.05, 4.69) is 50.4 Å². The average Bonchev–Trinajstić information content (AvgIpc) is 3.31. The number of nitrogens with zero attached hydrogens (tertiary/aromatic N) is 1. The maximum absolute atomic E-state index is 13.5. The molecular weight excluding hydrogens is 880 g/mol. The van der Waals surface area contributed by atoms with Crippen LogP contribution in [0.4, 0.5) is 0 Å². The summed E-state index contributed by atoms with van der Waals surface area (Å²) in [7, 11) is 1.50. The molecular formula is C59H114N2O7P+. The van der Waals surface area contributed by atoms with Crippen LogP contribution >= 0.6 is 7.82 Å². The number of nitrogens with one attached hydrogen (secondary N) is 1. The van der Waals surface area contributed by atoms with Crippen LogP contribution in [0.3, 0.4) is 0 Å². The number of phosphoric acid groups is 1. The summed E-state index contributed by atoms with van der Waals surface area (Å²) in [5, 5.41) is 3.05. The van der Waals surface area contributed by atoms with Crippen LogP contribution < -0.4 is 5.32 Å². The lowest BCUT2D eigenvalue weighted by Gasteiger charge is -2.27. The molecule has 0 aromatic carbocycles. The Balaban J connectivity index is 5.32. The summed E-state index contributed by atoms with van der Waals surface area (Å²) in [6, 6.07) is -0.847. The van der Waals surface area contributed by atoms with Gasteiger partial charge in [0.1, 0.15) is 19.3 Å². The van der Waals surface area contributed by atoms with Crippen molar-refractivity contribution in [1.82, 2.24) is 5.32 Å². The van der Waals surface area contributed by atoms with Crippen LogP contribution in [-0.4, -0.2) is 74.3 Å². The first-order chi connectivity index (χ1) is 33.4. The predicted octanol–water partition coefficient (Wildman–Crippen LogP) is 17.6. The molecule has 0 aliphatic carbocycles. The van der Waals surface area contributed by atoms with Crippen LogP contribution in [0.5, 0.6) is 0 Å². The zero-order chi connectivity index (χ0) is 50.8. The monoisotopic (exact) mass is 994 g/mol. The van der Waals surface area contributed by atoms with Gasteiger partial charge in [0.15, 0.2) is 0 Å². The summed E-state index contributed by atoms with van der Waals surface area (Å²) in [5.41, 5.74) is 0. The van der Waals surface area contributed by atoms with Crippen molar-refractivity contribution in [2.24, 2.45) is 0 Å². The van der Waals surface area contributed by atoms with Gasteiger partial charge in [-0.3, -0.25) is 18.6 Å². The molecule has 0 aliphatic heterocycles. The Bertz CT molecular complexity index is 1280. The van der Waals surface area contributed by atoms with Gasteiger partial charge in [0, 0.05) is 12.8 Å². The number of likely N-dealkylation sites (N-methyl/N-ethyl adjacent to an activating group) is 1. The van der Waals surface area contributed by atoms with E-state index in [1.54, 1.807) is 0 Å². The molecule has 0 rings (SSSR count). The van der Waals surface area contributed by atoms with Crippen LogP contribution in [-0.2, 0) is 27.9 Å². The first kappa shape index (κ1) is 67.2. The molecule has 406 valence electrons. The number of ether oxygens (including phenoxy) is 1. The van der Waals surface area contributed by atoms with Crippen LogP contribution in [0.1, 0.15) is 278 Å². The molecule has 1 amide bonds. The highest BCUT2D eigenvalue weighted by Gasteiger charge is 2.30. The van der Waals surface area contributed by atoms with E-state index in [9.17, 15) is 19.0 Å². The van der Waals surface area contributed by atoms with Gasteiger partial charge < -0.3 is 19.4 Å². The average molecular weight is 995 g/mol. The van der Waals surface area contributed by atoms with Crippen molar-refractivity contribution in [3.8, 4) is 0 Å². The van der Waals surface area contributed by atoms with Gasteiger partial charge in [0.05, 0.1) is 33.8 Å². The Labute approximate surface area is 427 Å². The van der Waals surface area contributed by atoms with Gasteiger partial charge in [-0.15, -0.1) is 0 Å². The smallest absolute Gasteiger partial charge is 0.456 e. The summed E-state index contributed by atoms with van der Waals surface area (Å²) >= 11 is 0. The van der Waals surface area contributed by atoms with Gasteiger partial charge in [-0.2, -0.15) is 0 Å². The second-order valence-electron chi connectivity index (χ2n) is 21.2. The molecule has 69 heavy (non-hydrogen) atoms. The molecule has 0 radical (unpaired) electrons. The molecule has 0 saturated carbocycles. The fourth-order valence-corrected chi connectivity index (χ4v) is 9.24. The number of rotatable bonds is 53. The minimum atomic E-state index is -4.44. The van der Waals surface area contributed by atoms with Gasteiger partial charge in [-0.1, -0.05) is 237 Å². The Morgan fingerprint density at radius 1 is 0.507 bits per heavy atom. The third-order valence-corrected chi connectivity index (χ3v) is 14.1. The van der Waals surface area contributed by atoms with Gasteiger partial charge in [-0.05, 0) is 63.9 Å². The maximum atomic E-state index is 13.5. The van der Waals surface area contributed by atoms with Crippen LogP contribution in [0.15, 0.2) is 36.5 Å². The lowest BCUT2D eigenvalue weighted by atomic mass is 10.0. The van der Waals surface area contributed by atoms with Gasteiger partial charge in [0.25, 0.3) is 0 Å². The van der Waals surface area contributed by atoms with Crippen LogP contribution in [0.25, 0.3) is 0 Å². The van der Waals surface area contributed by atoms with Crippen LogP contribution in [0, 0.1) is 0 Å². The summed E-state index contributed by atoms with van der Waals surface area (Å²) in [6.45, 7) is 7.00. The topological polar surface area (TPSA) is 111 Å². The van der Waals surface area contributed by atoms with Crippen molar-refractivity contribution in [3.63, 3.8) is 0 Å². The van der Waals surface area contributed by atoms with Crippen molar-refractivity contribution in [3.05, 3.63) is 36.5 Å². The number of carbonyl (C=O) groups excluding carboxylic acids is 2. The summed E-state index contributed by atoms with van der Waals surface area (Å²) in [4.78, 5) is 37.6. The number of allylic oxidation sites excluding steroid dienone is 5. The van der Waals surface area contributed by atoms with Crippen molar-refractivity contribution < 1.29 is 37.3 Å². The molecule has 3 atom stereocenters.